The minimum Gasteiger partial charge on any atom is -0.491 e. The van der Waals surface area contributed by atoms with Crippen molar-refractivity contribution >= 4 is 5.97 Å². The molecule has 0 radical (unpaired) electrons. The Morgan fingerprint density at radius 3 is 2.07 bits per heavy atom. The predicted molar refractivity (Wildman–Crippen MR) is 110 cm³/mol. The molecule has 0 bridgehead atoms. The smallest absolute Gasteiger partial charge is 0.323 e. The summed E-state index contributed by atoms with van der Waals surface area (Å²) in [5.74, 6) is 0.393. The van der Waals surface area contributed by atoms with E-state index in [0.717, 1.165) is 22.3 Å². The molecule has 0 saturated carbocycles. The molecule has 0 aromatic heterocycles. The quantitative estimate of drug-likeness (QED) is 0.615. The maximum Gasteiger partial charge on any atom is 0.323 e. The molecule has 1 unspecified atom stereocenters. The van der Waals surface area contributed by atoms with Crippen molar-refractivity contribution in [1.29, 1.82) is 0 Å². The zero-order valence-corrected chi connectivity index (χ0v) is 17.6. The predicted octanol–water partition coefficient (Wildman–Crippen LogP) is 4.70. The Bertz CT molecular complexity index is 884. The number of fused-ring (bicyclic) bond motifs is 1. The van der Waals surface area contributed by atoms with Crippen LogP contribution >= 0.6 is 0 Å². The van der Waals surface area contributed by atoms with Gasteiger partial charge >= 0.3 is 5.97 Å². The van der Waals surface area contributed by atoms with Crippen LogP contribution in [0.3, 0.4) is 0 Å². The van der Waals surface area contributed by atoms with E-state index < -0.39 is 5.92 Å². The number of aliphatic hydroxyl groups is 1. The molecule has 0 spiro atoms. The van der Waals surface area contributed by atoms with Crippen LogP contribution in [0.2, 0.25) is 0 Å². The van der Waals surface area contributed by atoms with Crippen molar-refractivity contribution in [2.45, 2.75) is 58.3 Å². The summed E-state index contributed by atoms with van der Waals surface area (Å²) in [7, 11) is 0. The molecule has 2 aromatic carbocycles. The summed E-state index contributed by atoms with van der Waals surface area (Å²) < 4.78 is 11.4. The number of rotatable bonds is 4. The number of esters is 1. The van der Waals surface area contributed by atoms with Crippen molar-refractivity contribution in [3.63, 3.8) is 0 Å². The molecule has 2 aromatic rings. The lowest BCUT2D eigenvalue weighted by Crippen LogP contribution is -2.17. The highest BCUT2D eigenvalue weighted by atomic mass is 16.5. The third-order valence-electron chi connectivity index (χ3n) is 5.17. The van der Waals surface area contributed by atoms with Gasteiger partial charge in [0.1, 0.15) is 24.0 Å². The van der Waals surface area contributed by atoms with Crippen LogP contribution in [0.25, 0.3) is 0 Å². The van der Waals surface area contributed by atoms with E-state index in [-0.39, 0.29) is 30.0 Å². The maximum atomic E-state index is 12.9. The molecular formula is C24H30O4. The topological polar surface area (TPSA) is 55.8 Å². The van der Waals surface area contributed by atoms with Gasteiger partial charge in [0.05, 0.1) is 6.61 Å². The Labute approximate surface area is 167 Å². The van der Waals surface area contributed by atoms with Crippen LogP contribution in [0, 0.1) is 0 Å². The van der Waals surface area contributed by atoms with Crippen LogP contribution in [0.1, 0.15) is 69.7 Å². The van der Waals surface area contributed by atoms with Gasteiger partial charge in [-0.1, -0.05) is 65.8 Å². The number of aliphatic hydroxyl groups excluding tert-OH is 1. The molecule has 1 aliphatic heterocycles. The Hall–Kier alpha value is -2.33. The van der Waals surface area contributed by atoms with E-state index in [4.69, 9.17) is 9.47 Å². The first-order chi connectivity index (χ1) is 13.0. The highest BCUT2D eigenvalue weighted by Gasteiger charge is 2.38. The number of ether oxygens (including phenoxy) is 2. The van der Waals surface area contributed by atoms with Crippen molar-refractivity contribution in [3.8, 4) is 11.5 Å². The highest BCUT2D eigenvalue weighted by molar-refractivity contribution is 5.90. The van der Waals surface area contributed by atoms with Gasteiger partial charge in [-0.15, -0.1) is 0 Å². The molecule has 4 heteroatoms. The van der Waals surface area contributed by atoms with E-state index in [1.807, 2.05) is 30.3 Å². The number of carbonyl (C=O) groups excluding carboxylic acids is 1. The van der Waals surface area contributed by atoms with Crippen molar-refractivity contribution in [1.82, 2.24) is 0 Å². The van der Waals surface area contributed by atoms with Gasteiger partial charge in [-0.05, 0) is 34.1 Å². The first-order valence-electron chi connectivity index (χ1n) is 9.76. The second kappa shape index (κ2) is 7.25. The van der Waals surface area contributed by atoms with E-state index >= 15 is 0 Å². The SMILES string of the molecule is CC(C)(C)c1ccc(OCCO)c(C2C(=O)Oc3ccc(C(C)(C)C)cc32)c1. The molecule has 1 N–H and O–H groups in total. The van der Waals surface area contributed by atoms with Crippen LogP contribution in [-0.2, 0) is 15.6 Å². The molecule has 4 nitrogen and oxygen atoms in total. The van der Waals surface area contributed by atoms with Crippen molar-refractivity contribution in [2.24, 2.45) is 0 Å². The molecule has 0 amide bonds. The third-order valence-corrected chi connectivity index (χ3v) is 5.17. The molecule has 0 saturated heterocycles. The highest BCUT2D eigenvalue weighted by Crippen LogP contribution is 2.45. The first-order valence-corrected chi connectivity index (χ1v) is 9.76. The molecular weight excluding hydrogens is 352 g/mol. The second-order valence-electron chi connectivity index (χ2n) is 9.43. The van der Waals surface area contributed by atoms with Gasteiger partial charge in [-0.3, -0.25) is 4.79 Å². The van der Waals surface area contributed by atoms with Gasteiger partial charge in [0.25, 0.3) is 0 Å². The maximum absolute atomic E-state index is 12.9. The zero-order valence-electron chi connectivity index (χ0n) is 17.6. The summed E-state index contributed by atoms with van der Waals surface area (Å²) in [4.78, 5) is 12.9. The van der Waals surface area contributed by atoms with Gasteiger partial charge in [-0.2, -0.15) is 0 Å². The van der Waals surface area contributed by atoms with Crippen LogP contribution in [0.4, 0.5) is 0 Å². The second-order valence-corrected chi connectivity index (χ2v) is 9.43. The van der Waals surface area contributed by atoms with Crippen molar-refractivity contribution < 1.29 is 19.4 Å². The van der Waals surface area contributed by atoms with E-state index in [9.17, 15) is 9.90 Å². The molecule has 0 fully saturated rings. The molecule has 1 atom stereocenters. The standard InChI is InChI=1S/C24H30O4/c1-23(2,3)15-7-9-19(27-12-11-25)17(13-15)21-18-14-16(24(4,5)6)8-10-20(18)28-22(21)26/h7-10,13-14,21,25H,11-12H2,1-6H3. The van der Waals surface area contributed by atoms with Crippen LogP contribution in [-0.4, -0.2) is 24.3 Å². The number of benzene rings is 2. The minimum atomic E-state index is -0.534. The lowest BCUT2D eigenvalue weighted by molar-refractivity contribution is -0.133. The van der Waals surface area contributed by atoms with Gasteiger partial charge in [0.15, 0.2) is 0 Å². The van der Waals surface area contributed by atoms with Crippen LogP contribution in [0.5, 0.6) is 11.5 Å². The van der Waals surface area contributed by atoms with Gasteiger partial charge in [-0.25, -0.2) is 0 Å². The van der Waals surface area contributed by atoms with E-state index in [1.54, 1.807) is 0 Å². The van der Waals surface area contributed by atoms with Crippen molar-refractivity contribution in [2.75, 3.05) is 13.2 Å². The first kappa shape index (κ1) is 20.4. The normalized spacial score (nSPS) is 16.7. The number of carbonyl (C=O) groups is 1. The Morgan fingerprint density at radius 1 is 0.929 bits per heavy atom. The summed E-state index contributed by atoms with van der Waals surface area (Å²) in [6.45, 7) is 13.0. The summed E-state index contributed by atoms with van der Waals surface area (Å²) in [5.41, 5.74) is 3.83. The monoisotopic (exact) mass is 382 g/mol. The van der Waals surface area contributed by atoms with E-state index in [1.165, 1.54) is 0 Å². The Kier molecular flexibility index (Phi) is 5.28. The van der Waals surface area contributed by atoms with Gasteiger partial charge < -0.3 is 14.6 Å². The Balaban J connectivity index is 2.16. The average molecular weight is 383 g/mol. The summed E-state index contributed by atoms with van der Waals surface area (Å²) in [6, 6.07) is 11.9. The molecule has 0 aliphatic carbocycles. The van der Waals surface area contributed by atoms with E-state index in [2.05, 4.69) is 47.6 Å². The minimum absolute atomic E-state index is 0.0330. The zero-order chi connectivity index (χ0) is 20.7. The largest absolute Gasteiger partial charge is 0.491 e. The van der Waals surface area contributed by atoms with Crippen LogP contribution in [0.15, 0.2) is 36.4 Å². The van der Waals surface area contributed by atoms with Gasteiger partial charge in [0, 0.05) is 11.1 Å². The Morgan fingerprint density at radius 2 is 1.50 bits per heavy atom. The lowest BCUT2D eigenvalue weighted by atomic mass is 9.81. The average Bonchev–Trinajstić information content (AvgIpc) is 2.93. The van der Waals surface area contributed by atoms with Crippen molar-refractivity contribution in [3.05, 3.63) is 58.7 Å². The number of hydrogen-bond acceptors (Lipinski definition) is 4. The summed E-state index contributed by atoms with van der Waals surface area (Å²) >= 11 is 0. The molecule has 3 rings (SSSR count). The molecule has 1 aliphatic rings. The lowest BCUT2D eigenvalue weighted by Gasteiger charge is -2.23. The van der Waals surface area contributed by atoms with Gasteiger partial charge in [0.2, 0.25) is 0 Å². The third kappa shape index (κ3) is 3.93. The molecule has 28 heavy (non-hydrogen) atoms. The fourth-order valence-corrected chi connectivity index (χ4v) is 3.45. The summed E-state index contributed by atoms with van der Waals surface area (Å²) in [5, 5.41) is 9.19. The van der Waals surface area contributed by atoms with E-state index in [0.29, 0.717) is 11.5 Å². The fraction of sp³-hybridized carbons (Fsp3) is 0.458. The fourth-order valence-electron chi connectivity index (χ4n) is 3.45. The summed E-state index contributed by atoms with van der Waals surface area (Å²) in [6.07, 6.45) is 0. The van der Waals surface area contributed by atoms with Crippen LogP contribution < -0.4 is 9.47 Å². The number of hydrogen-bond donors (Lipinski definition) is 1. The molecule has 1 heterocycles. The molecule has 150 valence electrons.